The molecule has 1 aromatic rings. The lowest BCUT2D eigenvalue weighted by molar-refractivity contribution is -0.136. The molecule has 0 spiro atoms. The van der Waals surface area contributed by atoms with Crippen molar-refractivity contribution in [3.05, 3.63) is 29.8 Å². The molecule has 1 aliphatic heterocycles. The van der Waals surface area contributed by atoms with Crippen LogP contribution in [-0.4, -0.2) is 44.1 Å². The van der Waals surface area contributed by atoms with E-state index < -0.39 is 0 Å². The number of benzene rings is 1. The van der Waals surface area contributed by atoms with Gasteiger partial charge in [-0.25, -0.2) is 0 Å². The number of methoxy groups -OCH3 is 1. The fraction of sp³-hybridized carbons (Fsp3) is 0.588. The molecule has 1 saturated heterocycles. The summed E-state index contributed by atoms with van der Waals surface area (Å²) in [6.07, 6.45) is 0.806. The van der Waals surface area contributed by atoms with Gasteiger partial charge in [0.1, 0.15) is 5.75 Å². The molecule has 0 saturated carbocycles. The number of nitrogens with one attached hydrogen (secondary N) is 1. The average molecular weight is 290 g/mol. The highest BCUT2D eigenvalue weighted by atomic mass is 16.5. The van der Waals surface area contributed by atoms with Gasteiger partial charge in [0, 0.05) is 19.6 Å². The summed E-state index contributed by atoms with van der Waals surface area (Å²) in [6.45, 7) is 5.97. The molecule has 1 N–H and O–H groups in total. The molecule has 0 aromatic heterocycles. The maximum absolute atomic E-state index is 12.6. The zero-order chi connectivity index (χ0) is 15.4. The number of hydrogen-bond acceptors (Lipinski definition) is 3. The Kier molecular flexibility index (Phi) is 5.23. The van der Waals surface area contributed by atoms with Crippen molar-refractivity contribution in [1.29, 1.82) is 0 Å². The smallest absolute Gasteiger partial charge is 0.227 e. The first-order valence-electron chi connectivity index (χ1n) is 7.63. The van der Waals surface area contributed by atoms with Gasteiger partial charge >= 0.3 is 0 Å². The second kappa shape index (κ2) is 6.94. The molecule has 2 rings (SSSR count). The van der Waals surface area contributed by atoms with Gasteiger partial charge in [-0.15, -0.1) is 0 Å². The minimum absolute atomic E-state index is 0.107. The Hall–Kier alpha value is -1.55. The highest BCUT2D eigenvalue weighted by molar-refractivity contribution is 5.79. The lowest BCUT2D eigenvalue weighted by Gasteiger charge is -2.29. The summed E-state index contributed by atoms with van der Waals surface area (Å²) >= 11 is 0. The zero-order valence-corrected chi connectivity index (χ0v) is 13.4. The third kappa shape index (κ3) is 3.56. The topological polar surface area (TPSA) is 41.6 Å². The monoisotopic (exact) mass is 290 g/mol. The van der Waals surface area contributed by atoms with Crippen molar-refractivity contribution in [2.75, 3.05) is 27.2 Å². The van der Waals surface area contributed by atoms with Crippen LogP contribution in [0.2, 0.25) is 0 Å². The number of nitrogens with zero attached hydrogens (tertiary/aromatic N) is 1. The summed E-state index contributed by atoms with van der Waals surface area (Å²) in [4.78, 5) is 14.5. The van der Waals surface area contributed by atoms with E-state index in [9.17, 15) is 4.79 Å². The van der Waals surface area contributed by atoms with Crippen molar-refractivity contribution in [3.8, 4) is 5.75 Å². The fourth-order valence-corrected chi connectivity index (χ4v) is 2.95. The van der Waals surface area contributed by atoms with E-state index in [0.29, 0.717) is 5.92 Å². The van der Waals surface area contributed by atoms with Crippen molar-refractivity contribution in [2.24, 2.45) is 11.8 Å². The Labute approximate surface area is 127 Å². The van der Waals surface area contributed by atoms with Gasteiger partial charge in [-0.05, 0) is 37.4 Å². The lowest BCUT2D eigenvalue weighted by Crippen LogP contribution is -2.42. The van der Waals surface area contributed by atoms with Crippen LogP contribution in [0.4, 0.5) is 0 Å². The quantitative estimate of drug-likeness (QED) is 0.901. The van der Waals surface area contributed by atoms with Crippen LogP contribution in [0.25, 0.3) is 0 Å². The van der Waals surface area contributed by atoms with E-state index in [1.165, 1.54) is 0 Å². The van der Waals surface area contributed by atoms with Gasteiger partial charge in [0.2, 0.25) is 5.91 Å². The summed E-state index contributed by atoms with van der Waals surface area (Å²) in [5.41, 5.74) is 1.14. The van der Waals surface area contributed by atoms with Crippen molar-refractivity contribution >= 4 is 5.91 Å². The van der Waals surface area contributed by atoms with Crippen molar-refractivity contribution in [1.82, 2.24) is 10.2 Å². The SMILES string of the molecule is COc1ccccc1CC(C)N(C)C(=O)C1CNCC1C. The van der Waals surface area contributed by atoms with E-state index in [2.05, 4.69) is 25.2 Å². The van der Waals surface area contributed by atoms with Gasteiger partial charge in [-0.3, -0.25) is 4.79 Å². The minimum atomic E-state index is 0.107. The van der Waals surface area contributed by atoms with Gasteiger partial charge in [-0.1, -0.05) is 25.1 Å². The first kappa shape index (κ1) is 15.8. The molecule has 1 heterocycles. The molecule has 0 radical (unpaired) electrons. The molecular weight excluding hydrogens is 264 g/mol. The number of hydrogen-bond donors (Lipinski definition) is 1. The Morgan fingerprint density at radius 2 is 2.14 bits per heavy atom. The third-order valence-electron chi connectivity index (χ3n) is 4.55. The molecule has 1 amide bonds. The number of carbonyl (C=O) groups excluding carboxylic acids is 1. The molecule has 1 aliphatic rings. The van der Waals surface area contributed by atoms with Crippen LogP contribution in [0, 0.1) is 11.8 Å². The van der Waals surface area contributed by atoms with Crippen LogP contribution in [0.5, 0.6) is 5.75 Å². The summed E-state index contributed by atoms with van der Waals surface area (Å²) in [7, 11) is 3.59. The fourth-order valence-electron chi connectivity index (χ4n) is 2.95. The van der Waals surface area contributed by atoms with Gasteiger partial charge in [-0.2, -0.15) is 0 Å². The van der Waals surface area contributed by atoms with Crippen LogP contribution in [0.3, 0.4) is 0 Å². The van der Waals surface area contributed by atoms with Gasteiger partial charge in [0.05, 0.1) is 13.0 Å². The first-order chi connectivity index (χ1) is 10.0. The zero-order valence-electron chi connectivity index (χ0n) is 13.4. The van der Waals surface area contributed by atoms with Gasteiger partial charge in [0.25, 0.3) is 0 Å². The molecule has 4 heteroatoms. The lowest BCUT2D eigenvalue weighted by atomic mass is 9.95. The van der Waals surface area contributed by atoms with Crippen LogP contribution in [0.1, 0.15) is 19.4 Å². The standard InChI is InChI=1S/C17H26N2O2/c1-12-10-18-11-15(12)17(20)19(3)13(2)9-14-7-5-6-8-16(14)21-4/h5-8,12-13,15,18H,9-11H2,1-4H3. The second-order valence-electron chi connectivity index (χ2n) is 6.06. The van der Waals surface area contributed by atoms with E-state index in [0.717, 1.165) is 30.8 Å². The molecule has 21 heavy (non-hydrogen) atoms. The Bertz CT molecular complexity index is 489. The normalized spacial score (nSPS) is 22.9. The second-order valence-corrected chi connectivity index (χ2v) is 6.06. The molecule has 3 unspecified atom stereocenters. The van der Waals surface area contributed by atoms with E-state index in [4.69, 9.17) is 4.74 Å². The Balaban J connectivity index is 2.02. The first-order valence-corrected chi connectivity index (χ1v) is 7.63. The van der Waals surface area contributed by atoms with E-state index in [-0.39, 0.29) is 17.9 Å². The Morgan fingerprint density at radius 3 is 2.76 bits per heavy atom. The Morgan fingerprint density at radius 1 is 1.43 bits per heavy atom. The number of likely N-dealkylation sites (N-methyl/N-ethyl adjacent to an activating group) is 1. The molecule has 116 valence electrons. The average Bonchev–Trinajstić information content (AvgIpc) is 2.92. The van der Waals surface area contributed by atoms with Crippen LogP contribution in [0.15, 0.2) is 24.3 Å². The molecule has 3 atom stereocenters. The number of amides is 1. The minimum Gasteiger partial charge on any atom is -0.496 e. The van der Waals surface area contributed by atoms with Crippen LogP contribution < -0.4 is 10.1 Å². The van der Waals surface area contributed by atoms with Crippen molar-refractivity contribution in [3.63, 3.8) is 0 Å². The van der Waals surface area contributed by atoms with E-state index in [1.54, 1.807) is 7.11 Å². The number of carbonyl (C=O) groups is 1. The summed E-state index contributed by atoms with van der Waals surface area (Å²) in [5, 5.41) is 3.30. The predicted octanol–water partition coefficient (Wildman–Crippen LogP) is 1.94. The molecule has 0 bridgehead atoms. The maximum Gasteiger partial charge on any atom is 0.227 e. The van der Waals surface area contributed by atoms with Crippen molar-refractivity contribution < 1.29 is 9.53 Å². The molecule has 1 aromatic carbocycles. The van der Waals surface area contributed by atoms with Crippen LogP contribution >= 0.6 is 0 Å². The molecule has 0 aliphatic carbocycles. The maximum atomic E-state index is 12.6. The highest BCUT2D eigenvalue weighted by Crippen LogP contribution is 2.23. The summed E-state index contributed by atoms with van der Waals surface area (Å²) in [5.74, 6) is 1.66. The van der Waals surface area contributed by atoms with Gasteiger partial charge in [0.15, 0.2) is 0 Å². The molecular formula is C17H26N2O2. The van der Waals surface area contributed by atoms with Crippen LogP contribution in [-0.2, 0) is 11.2 Å². The molecule has 1 fully saturated rings. The molecule has 4 nitrogen and oxygen atoms in total. The van der Waals surface area contributed by atoms with E-state index >= 15 is 0 Å². The largest absolute Gasteiger partial charge is 0.496 e. The van der Waals surface area contributed by atoms with Gasteiger partial charge < -0.3 is 15.0 Å². The third-order valence-corrected chi connectivity index (χ3v) is 4.55. The number of para-hydroxylation sites is 1. The summed E-state index contributed by atoms with van der Waals surface area (Å²) in [6, 6.07) is 8.16. The number of ether oxygens (including phenoxy) is 1. The number of rotatable bonds is 5. The highest BCUT2D eigenvalue weighted by Gasteiger charge is 2.33. The predicted molar refractivity (Wildman–Crippen MR) is 84.5 cm³/mol. The van der Waals surface area contributed by atoms with E-state index in [1.807, 2.05) is 30.1 Å². The summed E-state index contributed by atoms with van der Waals surface area (Å²) < 4.78 is 5.39. The van der Waals surface area contributed by atoms with Crippen molar-refractivity contribution in [2.45, 2.75) is 26.3 Å².